The summed E-state index contributed by atoms with van der Waals surface area (Å²) in [5.74, 6) is -0.357. The summed E-state index contributed by atoms with van der Waals surface area (Å²) in [6, 6.07) is -0.272. The van der Waals surface area contributed by atoms with Crippen LogP contribution in [0.25, 0.3) is 0 Å². The highest BCUT2D eigenvalue weighted by atomic mass is 79.9. The lowest BCUT2D eigenvalue weighted by atomic mass is 10.1. The molecule has 0 aromatic carbocycles. The molecular weight excluding hydrogens is 312 g/mol. The van der Waals surface area contributed by atoms with Gasteiger partial charge in [-0.25, -0.2) is 0 Å². The molecule has 1 aromatic rings. The third-order valence-corrected chi connectivity index (χ3v) is 4.37. The Morgan fingerprint density at radius 3 is 2.68 bits per heavy atom. The van der Waals surface area contributed by atoms with Crippen molar-refractivity contribution in [1.29, 1.82) is 0 Å². The maximum absolute atomic E-state index is 12.2. The van der Waals surface area contributed by atoms with Gasteiger partial charge in [-0.3, -0.25) is 24.5 Å². The van der Waals surface area contributed by atoms with E-state index in [4.69, 9.17) is 0 Å². The molecule has 1 unspecified atom stereocenters. The second-order valence-corrected chi connectivity index (χ2v) is 5.42. The first-order chi connectivity index (χ1) is 8.95. The van der Waals surface area contributed by atoms with E-state index in [0.717, 1.165) is 15.9 Å². The van der Waals surface area contributed by atoms with E-state index in [0.29, 0.717) is 6.42 Å². The lowest BCUT2D eigenvalue weighted by Crippen LogP contribution is -2.57. The minimum atomic E-state index is -0.272. The van der Waals surface area contributed by atoms with Crippen molar-refractivity contribution < 1.29 is 9.59 Å². The summed E-state index contributed by atoms with van der Waals surface area (Å²) in [6.45, 7) is 4.27. The molecule has 1 aliphatic heterocycles. The third-order valence-electron chi connectivity index (χ3n) is 3.34. The molecule has 0 saturated carbocycles. The molecule has 1 atom stereocenters. The number of aromatic nitrogens is 2. The van der Waals surface area contributed by atoms with Gasteiger partial charge in [0, 0.05) is 7.05 Å². The molecule has 1 aliphatic rings. The Labute approximate surface area is 120 Å². The van der Waals surface area contributed by atoms with Gasteiger partial charge >= 0.3 is 0 Å². The minimum absolute atomic E-state index is 0.162. The highest BCUT2D eigenvalue weighted by Crippen LogP contribution is 2.22. The van der Waals surface area contributed by atoms with Crippen LogP contribution in [0, 0.1) is 6.92 Å². The Bertz CT molecular complexity index is 526. The van der Waals surface area contributed by atoms with Crippen molar-refractivity contribution in [1.82, 2.24) is 20.0 Å². The van der Waals surface area contributed by atoms with Crippen molar-refractivity contribution in [3.63, 3.8) is 0 Å². The fourth-order valence-electron chi connectivity index (χ4n) is 2.19. The van der Waals surface area contributed by atoms with Crippen molar-refractivity contribution in [2.24, 2.45) is 7.05 Å². The predicted molar refractivity (Wildman–Crippen MR) is 73.3 cm³/mol. The van der Waals surface area contributed by atoms with Gasteiger partial charge < -0.3 is 0 Å². The molecule has 6 nitrogen and oxygen atoms in total. The quantitative estimate of drug-likeness (QED) is 0.830. The zero-order valence-electron chi connectivity index (χ0n) is 11.2. The first-order valence-electron chi connectivity index (χ1n) is 6.21. The first kappa shape index (κ1) is 14.2. The van der Waals surface area contributed by atoms with Crippen LogP contribution in [0.3, 0.4) is 0 Å². The molecule has 2 rings (SSSR count). The van der Waals surface area contributed by atoms with Crippen LogP contribution in [0.4, 0.5) is 0 Å². The maximum atomic E-state index is 12.2. The molecule has 1 saturated heterocycles. The predicted octanol–water partition coefficient (Wildman–Crippen LogP) is 0.728. The molecular formula is C12H17BrN4O2. The van der Waals surface area contributed by atoms with Crippen LogP contribution >= 0.6 is 15.9 Å². The van der Waals surface area contributed by atoms with Crippen molar-refractivity contribution in [3.8, 4) is 0 Å². The van der Waals surface area contributed by atoms with Crippen molar-refractivity contribution in [3.05, 3.63) is 15.9 Å². The van der Waals surface area contributed by atoms with E-state index in [1.165, 1.54) is 4.90 Å². The smallest absolute Gasteiger partial charge is 0.246 e. The number of nitrogens with zero attached hydrogens (tertiary/aromatic N) is 3. The standard InChI is InChI=1S/C12H17BrN4O2/c1-4-8-12(19)17(10(18)5-14-8)6-9-11(13)7(2)15-16(9)3/h8,14H,4-6H2,1-3H3. The fourth-order valence-corrected chi connectivity index (χ4v) is 2.65. The van der Waals surface area contributed by atoms with Gasteiger partial charge in [0.2, 0.25) is 11.8 Å². The van der Waals surface area contributed by atoms with Crippen molar-refractivity contribution in [2.75, 3.05) is 6.54 Å². The molecule has 104 valence electrons. The summed E-state index contributed by atoms with van der Waals surface area (Å²) in [5, 5.41) is 7.21. The van der Waals surface area contributed by atoms with Gasteiger partial charge in [-0.15, -0.1) is 0 Å². The topological polar surface area (TPSA) is 67.2 Å². The lowest BCUT2D eigenvalue weighted by molar-refractivity contribution is -0.150. The van der Waals surface area contributed by atoms with E-state index in [1.54, 1.807) is 4.68 Å². The summed E-state index contributed by atoms with van der Waals surface area (Å²) in [6.07, 6.45) is 0.675. The van der Waals surface area contributed by atoms with Crippen LogP contribution < -0.4 is 5.32 Å². The van der Waals surface area contributed by atoms with E-state index in [-0.39, 0.29) is 30.9 Å². The number of piperazine rings is 1. The van der Waals surface area contributed by atoms with E-state index >= 15 is 0 Å². The number of carbonyl (C=O) groups is 2. The number of imide groups is 1. The number of halogens is 1. The average Bonchev–Trinajstić information content (AvgIpc) is 2.60. The molecule has 1 aromatic heterocycles. The SMILES string of the molecule is CCC1NCC(=O)N(Cc2c(Br)c(C)nn2C)C1=O. The number of rotatable bonds is 3. The molecule has 0 bridgehead atoms. The van der Waals surface area contributed by atoms with Crippen LogP contribution in [-0.2, 0) is 23.2 Å². The van der Waals surface area contributed by atoms with Gasteiger partial charge in [0.25, 0.3) is 0 Å². The number of hydrogen-bond acceptors (Lipinski definition) is 4. The number of hydrogen-bond donors (Lipinski definition) is 1. The van der Waals surface area contributed by atoms with E-state index in [2.05, 4.69) is 26.3 Å². The highest BCUT2D eigenvalue weighted by molar-refractivity contribution is 9.10. The summed E-state index contributed by atoms with van der Waals surface area (Å²) in [7, 11) is 1.81. The van der Waals surface area contributed by atoms with E-state index in [1.807, 2.05) is 20.9 Å². The molecule has 0 spiro atoms. The molecule has 1 fully saturated rings. The van der Waals surface area contributed by atoms with Crippen LogP contribution in [-0.4, -0.2) is 39.1 Å². The Morgan fingerprint density at radius 2 is 2.16 bits per heavy atom. The number of nitrogens with one attached hydrogen (secondary N) is 1. The van der Waals surface area contributed by atoms with Crippen LogP contribution in [0.2, 0.25) is 0 Å². The zero-order chi connectivity index (χ0) is 14.2. The second kappa shape index (κ2) is 5.42. The van der Waals surface area contributed by atoms with Crippen LogP contribution in [0.1, 0.15) is 24.7 Å². The molecule has 0 radical (unpaired) electrons. The molecule has 2 heterocycles. The van der Waals surface area contributed by atoms with Gasteiger partial charge in [-0.1, -0.05) is 6.92 Å². The van der Waals surface area contributed by atoms with Crippen molar-refractivity contribution >= 4 is 27.7 Å². The maximum Gasteiger partial charge on any atom is 0.246 e. The van der Waals surface area contributed by atoms with Gasteiger partial charge in [0.1, 0.15) is 0 Å². The van der Waals surface area contributed by atoms with Crippen molar-refractivity contribution in [2.45, 2.75) is 32.9 Å². The zero-order valence-corrected chi connectivity index (χ0v) is 12.8. The Morgan fingerprint density at radius 1 is 1.47 bits per heavy atom. The Kier molecular flexibility index (Phi) is 4.05. The fraction of sp³-hybridized carbons (Fsp3) is 0.583. The molecule has 1 N–H and O–H groups in total. The molecule has 7 heteroatoms. The molecule has 2 amide bonds. The van der Waals surface area contributed by atoms with Crippen LogP contribution in [0.5, 0.6) is 0 Å². The summed E-state index contributed by atoms with van der Waals surface area (Å²) in [4.78, 5) is 25.4. The average molecular weight is 329 g/mol. The minimum Gasteiger partial charge on any atom is -0.297 e. The number of carbonyl (C=O) groups excluding carboxylic acids is 2. The Balaban J connectivity index is 2.25. The summed E-state index contributed by atoms with van der Waals surface area (Å²) >= 11 is 3.45. The lowest BCUT2D eigenvalue weighted by Gasteiger charge is -2.31. The monoisotopic (exact) mass is 328 g/mol. The number of amides is 2. The van der Waals surface area contributed by atoms with Gasteiger partial charge in [-0.2, -0.15) is 5.10 Å². The molecule has 0 aliphatic carbocycles. The van der Waals surface area contributed by atoms with Gasteiger partial charge in [0.15, 0.2) is 0 Å². The summed E-state index contributed by atoms with van der Waals surface area (Å²) in [5.41, 5.74) is 1.68. The first-order valence-corrected chi connectivity index (χ1v) is 7.00. The normalized spacial score (nSPS) is 20.2. The second-order valence-electron chi connectivity index (χ2n) is 4.63. The Hall–Kier alpha value is -1.21. The van der Waals surface area contributed by atoms with E-state index < -0.39 is 0 Å². The van der Waals surface area contributed by atoms with Gasteiger partial charge in [-0.05, 0) is 29.3 Å². The van der Waals surface area contributed by atoms with Crippen LogP contribution in [0.15, 0.2) is 4.47 Å². The summed E-state index contributed by atoms with van der Waals surface area (Å²) < 4.78 is 2.55. The largest absolute Gasteiger partial charge is 0.297 e. The number of aryl methyl sites for hydroxylation is 2. The molecule has 19 heavy (non-hydrogen) atoms. The van der Waals surface area contributed by atoms with E-state index in [9.17, 15) is 9.59 Å². The highest BCUT2D eigenvalue weighted by Gasteiger charge is 2.33. The third kappa shape index (κ3) is 2.57. The van der Waals surface area contributed by atoms with Gasteiger partial charge in [0.05, 0.1) is 35.0 Å².